The first-order chi connectivity index (χ1) is 7.40. The molecule has 1 atom stereocenters. The van der Waals surface area contributed by atoms with E-state index in [9.17, 15) is 0 Å². The van der Waals surface area contributed by atoms with Crippen LogP contribution >= 0.6 is 11.6 Å². The molecule has 4 heteroatoms. The molecular formula is C12H20ClN3. The molecule has 1 aromatic rings. The second-order valence-corrected chi connectivity index (χ2v) is 5.07. The molecule has 0 amide bonds. The Kier molecular flexibility index (Phi) is 4.54. The topological polar surface area (TPSA) is 29.0 Å². The SMILES string of the molecule is Cc1nc(Cl)cc(N(C)C(C)CC(C)C)n1. The van der Waals surface area contributed by atoms with Crippen LogP contribution < -0.4 is 4.90 Å². The number of hydrogen-bond acceptors (Lipinski definition) is 3. The van der Waals surface area contributed by atoms with Crippen molar-refractivity contribution in [1.29, 1.82) is 0 Å². The lowest BCUT2D eigenvalue weighted by Crippen LogP contribution is -2.31. The van der Waals surface area contributed by atoms with Crippen LogP contribution in [0, 0.1) is 12.8 Å². The van der Waals surface area contributed by atoms with Crippen LogP contribution in [0.2, 0.25) is 5.15 Å². The number of nitrogens with zero attached hydrogens (tertiary/aromatic N) is 3. The van der Waals surface area contributed by atoms with Crippen molar-refractivity contribution in [1.82, 2.24) is 9.97 Å². The van der Waals surface area contributed by atoms with Gasteiger partial charge in [0.1, 0.15) is 16.8 Å². The van der Waals surface area contributed by atoms with E-state index in [1.54, 1.807) is 0 Å². The quantitative estimate of drug-likeness (QED) is 0.758. The van der Waals surface area contributed by atoms with Gasteiger partial charge in [0.25, 0.3) is 0 Å². The zero-order valence-electron chi connectivity index (χ0n) is 10.7. The molecule has 1 aromatic heterocycles. The third-order valence-corrected chi connectivity index (χ3v) is 2.82. The van der Waals surface area contributed by atoms with Crippen LogP contribution in [0.3, 0.4) is 0 Å². The van der Waals surface area contributed by atoms with Crippen LogP contribution in [0.5, 0.6) is 0 Å². The van der Waals surface area contributed by atoms with Crippen LogP contribution in [0.15, 0.2) is 6.07 Å². The summed E-state index contributed by atoms with van der Waals surface area (Å²) in [7, 11) is 2.05. The van der Waals surface area contributed by atoms with Crippen LogP contribution in [0.25, 0.3) is 0 Å². The number of halogens is 1. The zero-order valence-corrected chi connectivity index (χ0v) is 11.4. The Labute approximate surface area is 103 Å². The molecule has 1 rings (SSSR count). The van der Waals surface area contributed by atoms with Crippen LogP contribution in [-0.2, 0) is 0 Å². The van der Waals surface area contributed by atoms with E-state index in [-0.39, 0.29) is 0 Å². The Morgan fingerprint density at radius 3 is 2.44 bits per heavy atom. The van der Waals surface area contributed by atoms with Crippen molar-refractivity contribution in [3.05, 3.63) is 17.0 Å². The van der Waals surface area contributed by atoms with Gasteiger partial charge >= 0.3 is 0 Å². The van der Waals surface area contributed by atoms with Crippen molar-refractivity contribution >= 4 is 17.4 Å². The molecule has 0 aliphatic heterocycles. The fourth-order valence-electron chi connectivity index (χ4n) is 1.76. The van der Waals surface area contributed by atoms with E-state index in [2.05, 4.69) is 35.6 Å². The van der Waals surface area contributed by atoms with E-state index < -0.39 is 0 Å². The summed E-state index contributed by atoms with van der Waals surface area (Å²) in [5, 5.41) is 0.506. The maximum atomic E-state index is 5.93. The lowest BCUT2D eigenvalue weighted by atomic mass is 10.0. The van der Waals surface area contributed by atoms with E-state index in [0.29, 0.717) is 22.9 Å². The van der Waals surface area contributed by atoms with Crippen LogP contribution in [-0.4, -0.2) is 23.1 Å². The fraction of sp³-hybridized carbons (Fsp3) is 0.667. The molecule has 0 spiro atoms. The molecule has 1 heterocycles. The summed E-state index contributed by atoms with van der Waals surface area (Å²) in [4.78, 5) is 10.6. The molecule has 0 radical (unpaired) electrons. The summed E-state index contributed by atoms with van der Waals surface area (Å²) < 4.78 is 0. The standard InChI is InChI=1S/C12H20ClN3/c1-8(2)6-9(3)16(5)12-7-11(13)14-10(4)15-12/h7-9H,6H2,1-5H3. The van der Waals surface area contributed by atoms with Gasteiger partial charge in [0, 0.05) is 19.2 Å². The number of aromatic nitrogens is 2. The van der Waals surface area contributed by atoms with Gasteiger partial charge < -0.3 is 4.90 Å². The van der Waals surface area contributed by atoms with Gasteiger partial charge in [0.05, 0.1) is 0 Å². The van der Waals surface area contributed by atoms with Gasteiger partial charge in [0.15, 0.2) is 0 Å². The van der Waals surface area contributed by atoms with Crippen LogP contribution in [0.4, 0.5) is 5.82 Å². The van der Waals surface area contributed by atoms with Crippen molar-refractivity contribution < 1.29 is 0 Å². The van der Waals surface area contributed by atoms with E-state index >= 15 is 0 Å². The predicted molar refractivity (Wildman–Crippen MR) is 69.1 cm³/mol. The van der Waals surface area contributed by atoms with E-state index in [0.717, 1.165) is 12.2 Å². The zero-order chi connectivity index (χ0) is 12.3. The summed E-state index contributed by atoms with van der Waals surface area (Å²) in [6, 6.07) is 2.26. The normalized spacial score (nSPS) is 12.9. The molecule has 0 fully saturated rings. The first kappa shape index (κ1) is 13.2. The Bertz CT molecular complexity index is 332. The molecule has 1 unspecified atom stereocenters. The van der Waals surface area contributed by atoms with Crippen molar-refractivity contribution in [3.63, 3.8) is 0 Å². The minimum absolute atomic E-state index is 0.449. The summed E-state index contributed by atoms with van der Waals surface area (Å²) in [5.74, 6) is 2.28. The van der Waals surface area contributed by atoms with Gasteiger partial charge in [-0.25, -0.2) is 9.97 Å². The molecular weight excluding hydrogens is 222 g/mol. The van der Waals surface area contributed by atoms with Crippen molar-refractivity contribution in [3.8, 4) is 0 Å². The Morgan fingerprint density at radius 1 is 1.31 bits per heavy atom. The Morgan fingerprint density at radius 2 is 1.94 bits per heavy atom. The van der Waals surface area contributed by atoms with Crippen LogP contribution in [0.1, 0.15) is 33.0 Å². The maximum absolute atomic E-state index is 5.93. The number of anilines is 1. The Balaban J connectivity index is 2.82. The largest absolute Gasteiger partial charge is 0.357 e. The smallest absolute Gasteiger partial charge is 0.134 e. The fourth-order valence-corrected chi connectivity index (χ4v) is 1.98. The maximum Gasteiger partial charge on any atom is 0.134 e. The second kappa shape index (κ2) is 5.48. The monoisotopic (exact) mass is 241 g/mol. The average molecular weight is 242 g/mol. The average Bonchev–Trinajstić information content (AvgIpc) is 2.13. The highest BCUT2D eigenvalue weighted by molar-refractivity contribution is 6.29. The molecule has 0 saturated heterocycles. The van der Waals surface area contributed by atoms with Gasteiger partial charge in [-0.2, -0.15) is 0 Å². The van der Waals surface area contributed by atoms with E-state index in [4.69, 9.17) is 11.6 Å². The summed E-state index contributed by atoms with van der Waals surface area (Å²) in [5.41, 5.74) is 0. The summed E-state index contributed by atoms with van der Waals surface area (Å²) in [6.07, 6.45) is 1.14. The second-order valence-electron chi connectivity index (χ2n) is 4.69. The summed E-state index contributed by atoms with van der Waals surface area (Å²) >= 11 is 5.93. The minimum Gasteiger partial charge on any atom is -0.357 e. The molecule has 0 aromatic carbocycles. The minimum atomic E-state index is 0.449. The molecule has 90 valence electrons. The molecule has 0 bridgehead atoms. The van der Waals surface area contributed by atoms with E-state index in [1.165, 1.54) is 0 Å². The van der Waals surface area contributed by atoms with Crippen molar-refractivity contribution in [2.24, 2.45) is 5.92 Å². The molecule has 0 aliphatic carbocycles. The summed E-state index contributed by atoms with van der Waals surface area (Å²) in [6.45, 7) is 8.51. The lowest BCUT2D eigenvalue weighted by molar-refractivity contribution is 0.502. The molecule has 3 nitrogen and oxygen atoms in total. The third-order valence-electron chi connectivity index (χ3n) is 2.63. The lowest BCUT2D eigenvalue weighted by Gasteiger charge is -2.27. The number of aryl methyl sites for hydroxylation is 1. The van der Waals surface area contributed by atoms with Gasteiger partial charge in [-0.05, 0) is 26.2 Å². The highest BCUT2D eigenvalue weighted by Crippen LogP contribution is 2.19. The highest BCUT2D eigenvalue weighted by atomic mass is 35.5. The van der Waals surface area contributed by atoms with Gasteiger partial charge in [-0.15, -0.1) is 0 Å². The first-order valence-electron chi connectivity index (χ1n) is 5.64. The predicted octanol–water partition coefficient (Wildman–Crippen LogP) is 3.31. The van der Waals surface area contributed by atoms with E-state index in [1.807, 2.05) is 20.0 Å². The molecule has 16 heavy (non-hydrogen) atoms. The number of rotatable bonds is 4. The van der Waals surface area contributed by atoms with Gasteiger partial charge in [0.2, 0.25) is 0 Å². The molecule has 0 aliphatic rings. The third kappa shape index (κ3) is 3.63. The van der Waals surface area contributed by atoms with Gasteiger partial charge in [-0.1, -0.05) is 25.4 Å². The highest BCUT2D eigenvalue weighted by Gasteiger charge is 2.13. The molecule has 0 saturated carbocycles. The Hall–Kier alpha value is -0.830. The van der Waals surface area contributed by atoms with Crippen molar-refractivity contribution in [2.45, 2.75) is 40.2 Å². The molecule has 0 N–H and O–H groups in total. The first-order valence-corrected chi connectivity index (χ1v) is 6.02. The van der Waals surface area contributed by atoms with Crippen molar-refractivity contribution in [2.75, 3.05) is 11.9 Å². The number of hydrogen-bond donors (Lipinski definition) is 0. The van der Waals surface area contributed by atoms with Gasteiger partial charge in [-0.3, -0.25) is 0 Å².